The Bertz CT molecular complexity index is 1280. The average molecular weight is 447 g/mol. The smallest absolute Gasteiger partial charge is 0.263 e. The van der Waals surface area contributed by atoms with Crippen molar-refractivity contribution in [3.8, 4) is 5.82 Å². The number of aromatic nitrogens is 4. The molecular formula is C23H22N6O2S. The summed E-state index contributed by atoms with van der Waals surface area (Å²) in [6.07, 6.45) is 7.64. The number of hydrogen-bond donors (Lipinski definition) is 0. The minimum Gasteiger partial charge on any atom is -0.344 e. The Hall–Kier alpha value is -3.59. The summed E-state index contributed by atoms with van der Waals surface area (Å²) in [4.78, 5) is 39.9. The highest BCUT2D eigenvalue weighted by Crippen LogP contribution is 2.40. The van der Waals surface area contributed by atoms with Gasteiger partial charge in [-0.2, -0.15) is 5.10 Å². The first kappa shape index (κ1) is 20.3. The summed E-state index contributed by atoms with van der Waals surface area (Å²) in [6, 6.07) is 9.31. The van der Waals surface area contributed by atoms with Crippen molar-refractivity contribution in [2.45, 2.75) is 12.3 Å². The molecule has 1 saturated heterocycles. The number of likely N-dealkylation sites (tertiary alicyclic amines) is 1. The van der Waals surface area contributed by atoms with Gasteiger partial charge in [0.15, 0.2) is 5.82 Å². The molecule has 8 nitrogen and oxygen atoms in total. The molecule has 0 aromatic carbocycles. The zero-order valence-electron chi connectivity index (χ0n) is 17.8. The zero-order chi connectivity index (χ0) is 22.2. The van der Waals surface area contributed by atoms with Gasteiger partial charge in [0, 0.05) is 63.3 Å². The summed E-state index contributed by atoms with van der Waals surface area (Å²) in [7, 11) is 3.52. The Morgan fingerprint density at radius 2 is 2.00 bits per heavy atom. The Labute approximate surface area is 189 Å². The van der Waals surface area contributed by atoms with Crippen LogP contribution in [0.25, 0.3) is 16.0 Å². The van der Waals surface area contributed by atoms with E-state index in [2.05, 4.69) is 15.1 Å². The number of rotatable bonds is 4. The average Bonchev–Trinajstić information content (AvgIpc) is 3.57. The molecule has 4 aromatic heterocycles. The summed E-state index contributed by atoms with van der Waals surface area (Å²) < 4.78 is 1.65. The molecule has 5 rings (SSSR count). The fraction of sp³-hybridized carbons (Fsp3) is 0.261. The summed E-state index contributed by atoms with van der Waals surface area (Å²) in [6.45, 7) is 1.20. The number of fused-ring (bicyclic) bond motifs is 1. The summed E-state index contributed by atoms with van der Waals surface area (Å²) in [5.74, 6) is 0.679. The molecule has 0 bridgehead atoms. The van der Waals surface area contributed by atoms with Crippen LogP contribution < -0.4 is 0 Å². The van der Waals surface area contributed by atoms with Gasteiger partial charge in [-0.05, 0) is 36.2 Å². The Morgan fingerprint density at radius 3 is 2.72 bits per heavy atom. The van der Waals surface area contributed by atoms with Crippen molar-refractivity contribution >= 4 is 33.4 Å². The molecule has 0 spiro atoms. The predicted octanol–water partition coefficient (Wildman–Crippen LogP) is 3.21. The molecule has 162 valence electrons. The predicted molar refractivity (Wildman–Crippen MR) is 122 cm³/mol. The van der Waals surface area contributed by atoms with Crippen LogP contribution in [-0.2, 0) is 0 Å². The van der Waals surface area contributed by atoms with Crippen LogP contribution in [0, 0.1) is 0 Å². The van der Waals surface area contributed by atoms with E-state index in [4.69, 9.17) is 0 Å². The molecular weight excluding hydrogens is 424 g/mol. The van der Waals surface area contributed by atoms with E-state index >= 15 is 0 Å². The maximum atomic E-state index is 13.1. The Morgan fingerprint density at radius 1 is 1.12 bits per heavy atom. The van der Waals surface area contributed by atoms with Gasteiger partial charge in [0.2, 0.25) is 0 Å². The second-order valence-corrected chi connectivity index (χ2v) is 8.99. The first-order valence-electron chi connectivity index (χ1n) is 10.4. The van der Waals surface area contributed by atoms with Crippen molar-refractivity contribution in [2.24, 2.45) is 0 Å². The van der Waals surface area contributed by atoms with E-state index in [1.54, 1.807) is 54.4 Å². The number of pyridine rings is 2. The van der Waals surface area contributed by atoms with Gasteiger partial charge in [-0.3, -0.25) is 9.59 Å². The molecule has 1 atom stereocenters. The van der Waals surface area contributed by atoms with E-state index in [1.165, 1.54) is 11.3 Å². The lowest BCUT2D eigenvalue weighted by Crippen LogP contribution is -2.29. The van der Waals surface area contributed by atoms with Gasteiger partial charge < -0.3 is 9.80 Å². The lowest BCUT2D eigenvalue weighted by molar-refractivity contribution is 0.0790. The molecule has 4 aromatic rings. The molecule has 0 saturated carbocycles. The highest BCUT2D eigenvalue weighted by molar-refractivity contribution is 7.20. The second-order valence-electron chi connectivity index (χ2n) is 7.99. The largest absolute Gasteiger partial charge is 0.344 e. The van der Waals surface area contributed by atoms with Gasteiger partial charge in [0.05, 0.1) is 10.4 Å². The summed E-state index contributed by atoms with van der Waals surface area (Å²) in [5, 5.41) is 5.17. The van der Waals surface area contributed by atoms with Crippen LogP contribution in [0.4, 0.5) is 0 Å². The maximum absolute atomic E-state index is 13.1. The molecule has 1 fully saturated rings. The number of amides is 2. The number of carbonyl (C=O) groups excluding carboxylic acids is 2. The minimum absolute atomic E-state index is 0.0220. The van der Waals surface area contributed by atoms with Gasteiger partial charge in [0.25, 0.3) is 11.8 Å². The maximum Gasteiger partial charge on any atom is 0.263 e. The van der Waals surface area contributed by atoms with E-state index in [1.807, 2.05) is 29.3 Å². The third kappa shape index (κ3) is 3.54. The van der Waals surface area contributed by atoms with Gasteiger partial charge >= 0.3 is 0 Å². The van der Waals surface area contributed by atoms with Crippen LogP contribution in [0.1, 0.15) is 37.9 Å². The standard InChI is InChI=1S/C23H22N6O2S/c1-27(2)23(31)20-19(17-5-3-9-24-21(17)32-20)16-8-12-28(14-16)22(30)15-6-7-18(25-13-15)29-11-4-10-26-29/h3-7,9-11,13,16H,8,12,14H2,1-2H3/t16-/m0/s1. The Balaban J connectivity index is 1.40. The number of nitrogens with zero attached hydrogens (tertiary/aromatic N) is 6. The molecule has 0 radical (unpaired) electrons. The molecule has 32 heavy (non-hydrogen) atoms. The lowest BCUT2D eigenvalue weighted by atomic mass is 9.95. The topological polar surface area (TPSA) is 84.2 Å². The Kier molecular flexibility index (Phi) is 5.18. The van der Waals surface area contributed by atoms with Gasteiger partial charge in [-0.1, -0.05) is 6.07 Å². The highest BCUT2D eigenvalue weighted by atomic mass is 32.1. The van der Waals surface area contributed by atoms with Crippen LogP contribution in [0.2, 0.25) is 0 Å². The van der Waals surface area contributed by atoms with Crippen LogP contribution in [0.3, 0.4) is 0 Å². The van der Waals surface area contributed by atoms with Crippen molar-refractivity contribution in [1.82, 2.24) is 29.5 Å². The number of hydrogen-bond acceptors (Lipinski definition) is 6. The van der Waals surface area contributed by atoms with Crippen molar-refractivity contribution in [3.05, 3.63) is 71.1 Å². The van der Waals surface area contributed by atoms with Crippen molar-refractivity contribution in [3.63, 3.8) is 0 Å². The molecule has 2 amide bonds. The fourth-order valence-electron chi connectivity index (χ4n) is 4.13. The van der Waals surface area contributed by atoms with Crippen molar-refractivity contribution in [1.29, 1.82) is 0 Å². The van der Waals surface area contributed by atoms with Crippen LogP contribution in [-0.4, -0.2) is 68.5 Å². The number of carbonyl (C=O) groups is 2. The van der Waals surface area contributed by atoms with Gasteiger partial charge in [-0.25, -0.2) is 14.6 Å². The zero-order valence-corrected chi connectivity index (χ0v) is 18.6. The third-order valence-electron chi connectivity index (χ3n) is 5.72. The van der Waals surface area contributed by atoms with Crippen LogP contribution in [0.15, 0.2) is 55.1 Å². The van der Waals surface area contributed by atoms with Crippen LogP contribution in [0.5, 0.6) is 0 Å². The summed E-state index contributed by atoms with van der Waals surface area (Å²) in [5.41, 5.74) is 1.56. The van der Waals surface area contributed by atoms with Crippen molar-refractivity contribution in [2.75, 3.05) is 27.2 Å². The van der Waals surface area contributed by atoms with E-state index in [-0.39, 0.29) is 17.7 Å². The van der Waals surface area contributed by atoms with Gasteiger partial charge in [-0.15, -0.1) is 11.3 Å². The molecule has 0 aliphatic carbocycles. The van der Waals surface area contributed by atoms with E-state index < -0.39 is 0 Å². The lowest BCUT2D eigenvalue weighted by Gasteiger charge is -2.18. The van der Waals surface area contributed by atoms with E-state index in [0.717, 1.165) is 22.2 Å². The molecule has 9 heteroatoms. The van der Waals surface area contributed by atoms with Crippen molar-refractivity contribution < 1.29 is 9.59 Å². The quantitative estimate of drug-likeness (QED) is 0.481. The fourth-order valence-corrected chi connectivity index (χ4v) is 5.39. The molecule has 1 aliphatic rings. The minimum atomic E-state index is -0.0508. The second kappa shape index (κ2) is 8.16. The summed E-state index contributed by atoms with van der Waals surface area (Å²) >= 11 is 1.43. The SMILES string of the molecule is CN(C)C(=O)c1sc2ncccc2c1[C@H]1CCN(C(=O)c2ccc(-n3cccn3)nc2)C1. The molecule has 5 heterocycles. The van der Waals surface area contributed by atoms with Crippen LogP contribution >= 0.6 is 11.3 Å². The highest BCUT2D eigenvalue weighted by Gasteiger charge is 2.33. The normalized spacial score (nSPS) is 15.9. The molecule has 0 N–H and O–H groups in total. The van der Waals surface area contributed by atoms with Gasteiger partial charge in [0.1, 0.15) is 4.83 Å². The third-order valence-corrected chi connectivity index (χ3v) is 6.84. The monoisotopic (exact) mass is 446 g/mol. The first-order chi connectivity index (χ1) is 15.5. The first-order valence-corrected chi connectivity index (χ1v) is 11.2. The molecule has 0 unspecified atom stereocenters. The number of thiophene rings is 1. The van der Waals surface area contributed by atoms with E-state index in [0.29, 0.717) is 29.3 Å². The molecule has 1 aliphatic heterocycles. The van der Waals surface area contributed by atoms with E-state index in [9.17, 15) is 9.59 Å².